The summed E-state index contributed by atoms with van der Waals surface area (Å²) in [5.74, 6) is 0.133. The van der Waals surface area contributed by atoms with Gasteiger partial charge in [-0.1, -0.05) is 11.6 Å². The molecule has 124 valence electrons. The standard InChI is InChI=1S/C16H14ClN3O4/c1-22-12-4-9(5-13(23-2)14(12)16(21)24-3)11-7-19-20-8-10(17)6-18-15(11)20/h4-8H,1-3H3. The molecule has 3 aromatic rings. The number of carbonyl (C=O) groups is 1. The summed E-state index contributed by atoms with van der Waals surface area (Å²) in [6, 6.07) is 3.42. The van der Waals surface area contributed by atoms with Gasteiger partial charge in [-0.15, -0.1) is 0 Å². The van der Waals surface area contributed by atoms with Crippen molar-refractivity contribution in [3.05, 3.63) is 41.3 Å². The Morgan fingerprint density at radius 3 is 2.38 bits per heavy atom. The zero-order valence-electron chi connectivity index (χ0n) is 13.2. The minimum absolute atomic E-state index is 0.221. The molecule has 0 aliphatic carbocycles. The molecule has 0 amide bonds. The Balaban J connectivity index is 2.22. The van der Waals surface area contributed by atoms with Crippen molar-refractivity contribution in [2.75, 3.05) is 21.3 Å². The Hall–Kier alpha value is -2.80. The molecule has 0 fully saturated rings. The van der Waals surface area contributed by atoms with Gasteiger partial charge in [0, 0.05) is 11.8 Å². The van der Waals surface area contributed by atoms with Crippen LogP contribution < -0.4 is 9.47 Å². The van der Waals surface area contributed by atoms with Crippen LogP contribution in [0.15, 0.2) is 30.7 Å². The average Bonchev–Trinajstić information content (AvgIpc) is 3.02. The molecule has 0 saturated heterocycles. The zero-order chi connectivity index (χ0) is 17.3. The number of methoxy groups -OCH3 is 3. The van der Waals surface area contributed by atoms with Crippen molar-refractivity contribution in [1.29, 1.82) is 0 Å². The van der Waals surface area contributed by atoms with Crippen LogP contribution in [-0.4, -0.2) is 41.9 Å². The largest absolute Gasteiger partial charge is 0.496 e. The molecular formula is C16H14ClN3O4. The lowest BCUT2D eigenvalue weighted by Gasteiger charge is -2.13. The van der Waals surface area contributed by atoms with Crippen molar-refractivity contribution in [2.45, 2.75) is 0 Å². The molecule has 8 heteroatoms. The van der Waals surface area contributed by atoms with Gasteiger partial charge < -0.3 is 14.2 Å². The van der Waals surface area contributed by atoms with Gasteiger partial charge in [-0.25, -0.2) is 14.3 Å². The molecule has 0 bridgehead atoms. The van der Waals surface area contributed by atoms with E-state index in [1.54, 1.807) is 35.2 Å². The van der Waals surface area contributed by atoms with E-state index in [9.17, 15) is 4.79 Å². The topological polar surface area (TPSA) is 75.0 Å². The first-order valence-corrected chi connectivity index (χ1v) is 7.30. The van der Waals surface area contributed by atoms with E-state index in [0.29, 0.717) is 22.2 Å². The van der Waals surface area contributed by atoms with E-state index in [4.69, 9.17) is 25.8 Å². The average molecular weight is 348 g/mol. The predicted molar refractivity (Wildman–Crippen MR) is 87.9 cm³/mol. The first-order chi connectivity index (χ1) is 11.6. The summed E-state index contributed by atoms with van der Waals surface area (Å²) in [7, 11) is 4.24. The summed E-state index contributed by atoms with van der Waals surface area (Å²) in [4.78, 5) is 16.3. The molecule has 0 saturated carbocycles. The van der Waals surface area contributed by atoms with E-state index in [1.807, 2.05) is 0 Å². The highest BCUT2D eigenvalue weighted by Crippen LogP contribution is 2.36. The summed E-state index contributed by atoms with van der Waals surface area (Å²) in [5, 5.41) is 4.72. The van der Waals surface area contributed by atoms with Gasteiger partial charge in [-0.3, -0.25) is 0 Å². The van der Waals surface area contributed by atoms with Crippen LogP contribution in [0.1, 0.15) is 10.4 Å². The molecule has 2 heterocycles. The molecular weight excluding hydrogens is 334 g/mol. The fourth-order valence-corrected chi connectivity index (χ4v) is 2.57. The summed E-state index contributed by atoms with van der Waals surface area (Å²) in [6.07, 6.45) is 4.86. The molecule has 3 rings (SSSR count). The lowest BCUT2D eigenvalue weighted by molar-refractivity contribution is 0.0593. The maximum absolute atomic E-state index is 12.0. The number of rotatable bonds is 4. The van der Waals surface area contributed by atoms with Crippen LogP contribution in [0.4, 0.5) is 0 Å². The quantitative estimate of drug-likeness (QED) is 0.675. The third-order valence-corrected chi connectivity index (χ3v) is 3.73. The van der Waals surface area contributed by atoms with Gasteiger partial charge in [0.1, 0.15) is 17.1 Å². The van der Waals surface area contributed by atoms with Crippen molar-refractivity contribution in [1.82, 2.24) is 14.6 Å². The third kappa shape index (κ3) is 2.63. The number of benzene rings is 1. The minimum Gasteiger partial charge on any atom is -0.496 e. The van der Waals surface area contributed by atoms with Crippen LogP contribution in [0.25, 0.3) is 16.8 Å². The zero-order valence-corrected chi connectivity index (χ0v) is 14.0. The number of ether oxygens (including phenoxy) is 3. The van der Waals surface area contributed by atoms with Crippen molar-refractivity contribution in [2.24, 2.45) is 0 Å². The summed E-state index contributed by atoms with van der Waals surface area (Å²) >= 11 is 5.93. The molecule has 2 aromatic heterocycles. The normalized spacial score (nSPS) is 10.7. The second-order valence-electron chi connectivity index (χ2n) is 4.85. The van der Waals surface area contributed by atoms with E-state index in [2.05, 4.69) is 10.1 Å². The van der Waals surface area contributed by atoms with E-state index >= 15 is 0 Å². The Labute approximate surface area is 142 Å². The maximum atomic E-state index is 12.0. The van der Waals surface area contributed by atoms with Gasteiger partial charge in [-0.05, 0) is 17.7 Å². The Morgan fingerprint density at radius 2 is 1.79 bits per heavy atom. The summed E-state index contributed by atoms with van der Waals surface area (Å²) in [5.41, 5.74) is 2.33. The molecule has 0 aliphatic heterocycles. The number of nitrogens with zero attached hydrogens (tertiary/aromatic N) is 3. The second-order valence-corrected chi connectivity index (χ2v) is 5.28. The first-order valence-electron chi connectivity index (χ1n) is 6.92. The van der Waals surface area contributed by atoms with Crippen LogP contribution in [0.3, 0.4) is 0 Å². The summed E-state index contributed by atoms with van der Waals surface area (Å²) < 4.78 is 17.0. The molecule has 0 radical (unpaired) electrons. The lowest BCUT2D eigenvalue weighted by atomic mass is 10.0. The third-order valence-electron chi connectivity index (χ3n) is 3.53. The van der Waals surface area contributed by atoms with Crippen molar-refractivity contribution >= 4 is 23.2 Å². The van der Waals surface area contributed by atoms with E-state index in [0.717, 1.165) is 11.1 Å². The lowest BCUT2D eigenvalue weighted by Crippen LogP contribution is -2.07. The van der Waals surface area contributed by atoms with Gasteiger partial charge in [0.25, 0.3) is 0 Å². The van der Waals surface area contributed by atoms with Crippen molar-refractivity contribution < 1.29 is 19.0 Å². The number of fused-ring (bicyclic) bond motifs is 1. The smallest absolute Gasteiger partial charge is 0.345 e. The molecule has 0 spiro atoms. The van der Waals surface area contributed by atoms with Crippen LogP contribution >= 0.6 is 11.6 Å². The fourth-order valence-electron chi connectivity index (χ4n) is 2.43. The monoisotopic (exact) mass is 347 g/mol. The van der Waals surface area contributed by atoms with Crippen LogP contribution in [0.5, 0.6) is 11.5 Å². The number of aromatic nitrogens is 3. The molecule has 24 heavy (non-hydrogen) atoms. The van der Waals surface area contributed by atoms with Gasteiger partial charge in [0.05, 0.1) is 38.7 Å². The van der Waals surface area contributed by atoms with Crippen molar-refractivity contribution in [3.63, 3.8) is 0 Å². The Morgan fingerprint density at radius 1 is 1.12 bits per heavy atom. The van der Waals surface area contributed by atoms with Gasteiger partial charge in [0.2, 0.25) is 0 Å². The van der Waals surface area contributed by atoms with Gasteiger partial charge >= 0.3 is 5.97 Å². The molecule has 0 aliphatic rings. The van der Waals surface area contributed by atoms with E-state index < -0.39 is 5.97 Å². The van der Waals surface area contributed by atoms with Gasteiger partial charge in [-0.2, -0.15) is 5.10 Å². The first kappa shape index (κ1) is 16.1. The highest BCUT2D eigenvalue weighted by molar-refractivity contribution is 6.30. The molecule has 1 aromatic carbocycles. The molecule has 0 unspecified atom stereocenters. The number of carbonyl (C=O) groups excluding carboxylic acids is 1. The minimum atomic E-state index is -0.542. The van der Waals surface area contributed by atoms with Crippen molar-refractivity contribution in [3.8, 4) is 22.6 Å². The number of hydrogen-bond donors (Lipinski definition) is 0. The highest BCUT2D eigenvalue weighted by atomic mass is 35.5. The van der Waals surface area contributed by atoms with E-state index in [1.165, 1.54) is 21.3 Å². The fraction of sp³-hybridized carbons (Fsp3) is 0.188. The maximum Gasteiger partial charge on any atom is 0.345 e. The van der Waals surface area contributed by atoms with Gasteiger partial charge in [0.15, 0.2) is 5.65 Å². The van der Waals surface area contributed by atoms with Crippen LogP contribution in [-0.2, 0) is 4.74 Å². The predicted octanol–water partition coefficient (Wildman–Crippen LogP) is 2.85. The number of halogens is 1. The van der Waals surface area contributed by atoms with Crippen LogP contribution in [0, 0.1) is 0 Å². The van der Waals surface area contributed by atoms with E-state index in [-0.39, 0.29) is 5.56 Å². The highest BCUT2D eigenvalue weighted by Gasteiger charge is 2.22. The molecule has 0 N–H and O–H groups in total. The second kappa shape index (κ2) is 6.37. The molecule has 0 atom stereocenters. The van der Waals surface area contributed by atoms with Crippen LogP contribution in [0.2, 0.25) is 5.02 Å². The summed E-state index contributed by atoms with van der Waals surface area (Å²) in [6.45, 7) is 0. The SMILES string of the molecule is COC(=O)c1c(OC)cc(-c2cnn3cc(Cl)cnc23)cc1OC. The Bertz CT molecular complexity index is 898. The number of hydrogen-bond acceptors (Lipinski definition) is 6. The number of esters is 1. The molecule has 7 nitrogen and oxygen atoms in total. The Kier molecular flexibility index (Phi) is 4.26.